The number of aryl methyl sites for hydroxylation is 1. The fraction of sp³-hybridized carbons (Fsp3) is 0.500. The first-order valence-corrected chi connectivity index (χ1v) is 4.21. The van der Waals surface area contributed by atoms with Crippen molar-refractivity contribution >= 4 is 5.82 Å². The van der Waals surface area contributed by atoms with Crippen LogP contribution in [-0.2, 0) is 0 Å². The molecule has 1 aromatic rings. The zero-order valence-corrected chi connectivity index (χ0v) is 8.15. The Morgan fingerprint density at radius 2 is 2.00 bits per heavy atom. The van der Waals surface area contributed by atoms with Gasteiger partial charge in [0, 0.05) is 0 Å². The molecule has 1 N–H and O–H groups in total. The maximum atomic E-state index is 13.2. The van der Waals surface area contributed by atoms with Gasteiger partial charge in [-0.1, -0.05) is 0 Å². The smallest absolute Gasteiger partial charge is 0.324 e. The molecule has 0 unspecified atom stereocenters. The Morgan fingerprint density at radius 3 is 2.56 bits per heavy atom. The molecule has 0 aromatic carbocycles. The van der Waals surface area contributed by atoms with E-state index in [1.54, 1.807) is 0 Å². The Hall–Kier alpha value is -1.47. The summed E-state index contributed by atoms with van der Waals surface area (Å²) in [5.41, 5.74) is -0.0575. The zero-order valence-electron chi connectivity index (χ0n) is 8.15. The van der Waals surface area contributed by atoms with Crippen molar-refractivity contribution in [2.75, 3.05) is 11.9 Å². The zero-order chi connectivity index (χ0) is 12.3. The van der Waals surface area contributed by atoms with Gasteiger partial charge in [0.05, 0.1) is 12.2 Å². The van der Waals surface area contributed by atoms with Crippen molar-refractivity contribution in [2.24, 2.45) is 0 Å². The third-order valence-corrected chi connectivity index (χ3v) is 1.77. The van der Waals surface area contributed by atoms with Crippen LogP contribution in [0.1, 0.15) is 5.69 Å². The second-order valence-electron chi connectivity index (χ2n) is 3.04. The van der Waals surface area contributed by atoms with Crippen LogP contribution in [0.25, 0.3) is 0 Å². The van der Waals surface area contributed by atoms with Crippen LogP contribution in [0.15, 0.2) is 6.33 Å². The minimum Gasteiger partial charge on any atom is -0.361 e. The first kappa shape index (κ1) is 12.6. The molecular weight excluding hydrogens is 233 g/mol. The predicted octanol–water partition coefficient (Wildman–Crippen LogP) is 2.24. The molecule has 0 fully saturated rings. The Labute approximate surface area is 87.7 Å². The number of hydrogen-bond donors (Lipinski definition) is 1. The second-order valence-corrected chi connectivity index (χ2v) is 3.04. The van der Waals surface area contributed by atoms with Crippen molar-refractivity contribution in [1.29, 1.82) is 0 Å². The molecule has 0 aliphatic carbocycles. The van der Waals surface area contributed by atoms with Crippen LogP contribution in [0.2, 0.25) is 0 Å². The van der Waals surface area contributed by atoms with Crippen LogP contribution >= 0.6 is 0 Å². The number of nitrogens with one attached hydrogen (secondary N) is 1. The molecule has 0 atom stereocenters. The average Bonchev–Trinajstić information content (AvgIpc) is 2.20. The summed E-state index contributed by atoms with van der Waals surface area (Å²) in [5, 5.41) is 1.82. The van der Waals surface area contributed by atoms with E-state index in [0.29, 0.717) is 0 Å². The first-order chi connectivity index (χ1) is 7.34. The van der Waals surface area contributed by atoms with E-state index < -0.39 is 30.5 Å². The molecule has 0 aliphatic rings. The molecule has 1 aromatic heterocycles. The SMILES string of the molecule is Cc1ncnc(NCC(F)(F)C(F)F)c1F. The normalized spacial score (nSPS) is 11.9. The summed E-state index contributed by atoms with van der Waals surface area (Å²) in [7, 11) is 0. The molecule has 0 bridgehead atoms. The van der Waals surface area contributed by atoms with Crippen LogP contribution < -0.4 is 5.32 Å². The average molecular weight is 241 g/mol. The molecule has 0 spiro atoms. The van der Waals surface area contributed by atoms with Gasteiger partial charge in [-0.25, -0.2) is 23.1 Å². The molecule has 0 aliphatic heterocycles. The third kappa shape index (κ3) is 2.77. The lowest BCUT2D eigenvalue weighted by Gasteiger charge is -2.16. The number of nitrogens with zero attached hydrogens (tertiary/aromatic N) is 2. The number of aromatic nitrogens is 2. The maximum absolute atomic E-state index is 13.2. The molecule has 8 heteroatoms. The van der Waals surface area contributed by atoms with E-state index in [-0.39, 0.29) is 5.69 Å². The van der Waals surface area contributed by atoms with Gasteiger partial charge in [-0.3, -0.25) is 0 Å². The van der Waals surface area contributed by atoms with Crippen LogP contribution in [0, 0.1) is 12.7 Å². The molecule has 1 heterocycles. The summed E-state index contributed by atoms with van der Waals surface area (Å²) in [6.45, 7) is -0.0918. The fourth-order valence-corrected chi connectivity index (χ4v) is 0.860. The third-order valence-electron chi connectivity index (χ3n) is 1.77. The van der Waals surface area contributed by atoms with Crippen molar-refractivity contribution < 1.29 is 22.0 Å². The summed E-state index contributed by atoms with van der Waals surface area (Å²) < 4.78 is 61.7. The highest BCUT2D eigenvalue weighted by Crippen LogP contribution is 2.23. The topological polar surface area (TPSA) is 37.8 Å². The number of anilines is 1. The number of rotatable bonds is 4. The van der Waals surface area contributed by atoms with Crippen molar-refractivity contribution in [1.82, 2.24) is 9.97 Å². The largest absolute Gasteiger partial charge is 0.361 e. The van der Waals surface area contributed by atoms with Gasteiger partial charge in [0.25, 0.3) is 0 Å². The molecule has 16 heavy (non-hydrogen) atoms. The van der Waals surface area contributed by atoms with Crippen molar-refractivity contribution in [2.45, 2.75) is 19.3 Å². The maximum Gasteiger partial charge on any atom is 0.324 e. The Morgan fingerprint density at radius 1 is 1.38 bits per heavy atom. The highest BCUT2D eigenvalue weighted by molar-refractivity contribution is 5.37. The van der Waals surface area contributed by atoms with E-state index in [1.807, 2.05) is 5.32 Å². The van der Waals surface area contributed by atoms with Gasteiger partial charge < -0.3 is 5.32 Å². The molecule has 1 rings (SSSR count). The lowest BCUT2D eigenvalue weighted by Crippen LogP contribution is -2.35. The monoisotopic (exact) mass is 241 g/mol. The lowest BCUT2D eigenvalue weighted by atomic mass is 10.3. The molecule has 0 amide bonds. The summed E-state index contributed by atoms with van der Waals surface area (Å²) in [6, 6.07) is 0. The molecular formula is C8H8F5N3. The van der Waals surface area contributed by atoms with Crippen LogP contribution in [0.4, 0.5) is 27.8 Å². The number of hydrogen-bond acceptors (Lipinski definition) is 3. The van der Waals surface area contributed by atoms with Crippen molar-refractivity contribution in [3.63, 3.8) is 0 Å². The Bertz CT molecular complexity index is 369. The standard InChI is InChI=1S/C8H8F5N3/c1-4-5(9)6(16-3-15-4)14-2-8(12,13)7(10)11/h3,7H,2H2,1H3,(H,14,15,16). The van der Waals surface area contributed by atoms with E-state index in [4.69, 9.17) is 0 Å². The van der Waals surface area contributed by atoms with Gasteiger partial charge in [-0.05, 0) is 6.92 Å². The van der Waals surface area contributed by atoms with E-state index in [1.165, 1.54) is 6.92 Å². The van der Waals surface area contributed by atoms with Gasteiger partial charge in [0.15, 0.2) is 11.6 Å². The van der Waals surface area contributed by atoms with E-state index in [0.717, 1.165) is 6.33 Å². The Balaban J connectivity index is 2.72. The highest BCUT2D eigenvalue weighted by atomic mass is 19.3. The van der Waals surface area contributed by atoms with Gasteiger partial charge in [0.1, 0.15) is 6.33 Å². The summed E-state index contributed by atoms with van der Waals surface area (Å²) in [6.07, 6.45) is -2.87. The van der Waals surface area contributed by atoms with Gasteiger partial charge >= 0.3 is 12.3 Å². The lowest BCUT2D eigenvalue weighted by molar-refractivity contribution is -0.117. The molecule has 90 valence electrons. The van der Waals surface area contributed by atoms with E-state index in [2.05, 4.69) is 9.97 Å². The quantitative estimate of drug-likeness (QED) is 0.821. The summed E-state index contributed by atoms with van der Waals surface area (Å²) in [5.74, 6) is -5.69. The second kappa shape index (κ2) is 4.58. The Kier molecular flexibility index (Phi) is 3.61. The van der Waals surface area contributed by atoms with Crippen LogP contribution in [0.5, 0.6) is 0 Å². The van der Waals surface area contributed by atoms with Crippen LogP contribution in [-0.4, -0.2) is 28.9 Å². The minimum absolute atomic E-state index is 0.0575. The fourth-order valence-electron chi connectivity index (χ4n) is 0.860. The minimum atomic E-state index is -4.23. The van der Waals surface area contributed by atoms with Crippen molar-refractivity contribution in [3.05, 3.63) is 17.8 Å². The number of alkyl halides is 4. The van der Waals surface area contributed by atoms with Gasteiger partial charge in [-0.15, -0.1) is 0 Å². The number of halogens is 5. The van der Waals surface area contributed by atoms with Crippen LogP contribution in [0.3, 0.4) is 0 Å². The van der Waals surface area contributed by atoms with Gasteiger partial charge in [0.2, 0.25) is 0 Å². The molecule has 0 saturated carbocycles. The highest BCUT2D eigenvalue weighted by Gasteiger charge is 2.40. The van der Waals surface area contributed by atoms with Gasteiger partial charge in [-0.2, -0.15) is 8.78 Å². The summed E-state index contributed by atoms with van der Waals surface area (Å²) in [4.78, 5) is 6.78. The molecule has 0 saturated heterocycles. The van der Waals surface area contributed by atoms with E-state index >= 15 is 0 Å². The molecule has 0 radical (unpaired) electrons. The summed E-state index contributed by atoms with van der Waals surface area (Å²) >= 11 is 0. The first-order valence-electron chi connectivity index (χ1n) is 4.21. The van der Waals surface area contributed by atoms with E-state index in [9.17, 15) is 22.0 Å². The predicted molar refractivity (Wildman–Crippen MR) is 46.2 cm³/mol. The van der Waals surface area contributed by atoms with Crippen molar-refractivity contribution in [3.8, 4) is 0 Å². The molecule has 3 nitrogen and oxygen atoms in total.